The first-order chi connectivity index (χ1) is 21.0. The van der Waals surface area contributed by atoms with Crippen molar-refractivity contribution in [1.29, 1.82) is 0 Å². The maximum atomic E-state index is 10.5. The smallest absolute Gasteiger partial charge is 0.0807 e. The molecule has 0 amide bonds. The molecule has 0 fully saturated rings. The van der Waals surface area contributed by atoms with Crippen molar-refractivity contribution < 1.29 is 9.59 Å². The summed E-state index contributed by atoms with van der Waals surface area (Å²) in [6.45, 7) is 6.99. The average Bonchev–Trinajstić information content (AvgIpc) is 2.99. The fraction of sp³-hybridized carbons (Fsp3) is 1.00. The Morgan fingerprint density at radius 1 is 0.326 bits per heavy atom. The normalized spacial score (nSPS) is 12.8. The van der Waals surface area contributed by atoms with E-state index in [2.05, 4.69) is 27.9 Å². The van der Waals surface area contributed by atoms with E-state index in [1.54, 1.807) is 0 Å². The molecular weight excluding hydrogens is 522 g/mol. The number of aliphatic hydroxyl groups is 1. The minimum atomic E-state index is -0.0881. The Kier molecular flexibility index (Phi) is 34.7. The lowest BCUT2D eigenvalue weighted by Gasteiger charge is -2.30. The third kappa shape index (κ3) is 36.3. The average molecular weight is 609 g/mol. The van der Waals surface area contributed by atoms with Crippen molar-refractivity contribution in [3.05, 3.63) is 0 Å². The molecule has 2 heteroatoms. The van der Waals surface area contributed by atoms with Crippen molar-refractivity contribution in [3.63, 3.8) is 0 Å². The number of rotatable bonds is 37. The third-order valence-corrected chi connectivity index (χ3v) is 10.1. The molecule has 1 unspecified atom stereocenters. The van der Waals surface area contributed by atoms with Gasteiger partial charge in [-0.05, 0) is 19.3 Å². The molecule has 0 spiro atoms. The molecule has 0 saturated heterocycles. The van der Waals surface area contributed by atoms with Crippen LogP contribution >= 0.6 is 0 Å². The maximum Gasteiger partial charge on any atom is 0.0807 e. The molecule has 0 aromatic carbocycles. The second-order valence-corrected chi connectivity index (χ2v) is 15.2. The topological polar surface area (TPSA) is 20.2 Å². The highest BCUT2D eigenvalue weighted by Crippen LogP contribution is 2.17. The minimum absolute atomic E-state index is 0.0881. The van der Waals surface area contributed by atoms with Gasteiger partial charge in [-0.3, -0.25) is 0 Å². The van der Waals surface area contributed by atoms with Crippen molar-refractivity contribution in [1.82, 2.24) is 0 Å². The molecule has 0 aliphatic rings. The van der Waals surface area contributed by atoms with Gasteiger partial charge in [0.15, 0.2) is 0 Å². The number of nitrogens with zero attached hydrogens (tertiary/aromatic N) is 1. The van der Waals surface area contributed by atoms with Gasteiger partial charge >= 0.3 is 0 Å². The monoisotopic (exact) mass is 609 g/mol. The molecule has 260 valence electrons. The molecule has 0 aliphatic heterocycles. The van der Waals surface area contributed by atoms with Crippen molar-refractivity contribution in [2.24, 2.45) is 0 Å². The van der Waals surface area contributed by atoms with E-state index in [9.17, 15) is 5.11 Å². The predicted molar refractivity (Wildman–Crippen MR) is 196 cm³/mol. The van der Waals surface area contributed by atoms with Gasteiger partial charge in [0.05, 0.1) is 33.3 Å². The van der Waals surface area contributed by atoms with Gasteiger partial charge in [-0.2, -0.15) is 0 Å². The van der Waals surface area contributed by atoms with Gasteiger partial charge in [0.1, 0.15) is 0 Å². The Balaban J connectivity index is 3.37. The number of aliphatic hydroxyl groups excluding tert-OH is 1. The van der Waals surface area contributed by atoms with Crippen molar-refractivity contribution >= 4 is 0 Å². The van der Waals surface area contributed by atoms with Gasteiger partial charge in [-0.15, -0.1) is 0 Å². The number of unbranched alkanes of at least 4 members (excludes halogenated alkanes) is 30. The van der Waals surface area contributed by atoms with Gasteiger partial charge in [-0.1, -0.05) is 206 Å². The molecule has 1 atom stereocenters. The summed E-state index contributed by atoms with van der Waals surface area (Å²) in [7, 11) is 4.74. The fourth-order valence-electron chi connectivity index (χ4n) is 6.77. The Hall–Kier alpha value is -0.0800. The van der Waals surface area contributed by atoms with Crippen LogP contribution < -0.4 is 0 Å². The molecule has 0 heterocycles. The third-order valence-electron chi connectivity index (χ3n) is 10.1. The van der Waals surface area contributed by atoms with E-state index in [0.717, 1.165) is 23.9 Å². The molecule has 0 saturated carbocycles. The van der Waals surface area contributed by atoms with E-state index in [-0.39, 0.29) is 6.10 Å². The summed E-state index contributed by atoms with van der Waals surface area (Å²) in [5, 5.41) is 10.5. The standard InChI is InChI=1S/C41H86NO/c1-5-7-9-11-13-15-17-19-21-23-25-27-29-31-33-35-37-41(43)38-40-42(3,4)39-36-34-32-30-28-26-24-22-20-18-16-14-12-10-8-6-2/h41,43H,5-40H2,1-4H3/q+1. The van der Waals surface area contributed by atoms with E-state index in [1.807, 2.05) is 0 Å². The van der Waals surface area contributed by atoms with Gasteiger partial charge in [0.2, 0.25) is 0 Å². The van der Waals surface area contributed by atoms with Crippen LogP contribution in [0.15, 0.2) is 0 Å². The zero-order valence-corrected chi connectivity index (χ0v) is 30.9. The molecule has 0 radical (unpaired) electrons. The summed E-state index contributed by atoms with van der Waals surface area (Å²) in [5.41, 5.74) is 0. The molecule has 0 aliphatic carbocycles. The summed E-state index contributed by atoms with van der Waals surface area (Å²) in [4.78, 5) is 0. The van der Waals surface area contributed by atoms with Crippen LogP contribution in [-0.4, -0.2) is 42.9 Å². The number of hydrogen-bond donors (Lipinski definition) is 1. The van der Waals surface area contributed by atoms with Gasteiger partial charge < -0.3 is 9.59 Å². The van der Waals surface area contributed by atoms with E-state index in [0.29, 0.717) is 0 Å². The highest BCUT2D eigenvalue weighted by Gasteiger charge is 2.16. The highest BCUT2D eigenvalue weighted by atomic mass is 16.3. The molecular formula is C41H86NO+. The van der Waals surface area contributed by atoms with Gasteiger partial charge in [0.25, 0.3) is 0 Å². The SMILES string of the molecule is CCCCCCCCCCCCCCCCCCC(O)CC[N+](C)(C)CCCCCCCCCCCCCCCCCC. The van der Waals surface area contributed by atoms with E-state index >= 15 is 0 Å². The zero-order chi connectivity index (χ0) is 31.5. The van der Waals surface area contributed by atoms with Gasteiger partial charge in [0, 0.05) is 6.42 Å². The molecule has 0 rings (SSSR count). The Bertz CT molecular complexity index is 504. The summed E-state index contributed by atoms with van der Waals surface area (Å²) in [5.74, 6) is 0. The van der Waals surface area contributed by atoms with Crippen LogP contribution in [0.5, 0.6) is 0 Å². The summed E-state index contributed by atoms with van der Waals surface area (Å²) >= 11 is 0. The van der Waals surface area contributed by atoms with Crippen LogP contribution in [0.4, 0.5) is 0 Å². The first-order valence-corrected chi connectivity index (χ1v) is 20.5. The first kappa shape index (κ1) is 42.9. The summed E-state index contributed by atoms with van der Waals surface area (Å²) in [6, 6.07) is 0. The van der Waals surface area contributed by atoms with Crippen LogP contribution in [0.1, 0.15) is 232 Å². The quantitative estimate of drug-likeness (QED) is 0.0549. The lowest BCUT2D eigenvalue weighted by Crippen LogP contribution is -2.42. The van der Waals surface area contributed by atoms with Crippen LogP contribution in [0, 0.1) is 0 Å². The molecule has 0 aromatic rings. The zero-order valence-electron chi connectivity index (χ0n) is 30.9. The molecule has 1 N–H and O–H groups in total. The number of quaternary nitrogens is 1. The Labute approximate surface area is 274 Å². The molecule has 0 aromatic heterocycles. The molecule has 0 bridgehead atoms. The van der Waals surface area contributed by atoms with Crippen LogP contribution in [0.25, 0.3) is 0 Å². The largest absolute Gasteiger partial charge is 0.393 e. The predicted octanol–water partition coefficient (Wildman–Crippen LogP) is 13.7. The van der Waals surface area contributed by atoms with Crippen molar-refractivity contribution in [2.45, 2.75) is 238 Å². The van der Waals surface area contributed by atoms with E-state index in [4.69, 9.17) is 0 Å². The van der Waals surface area contributed by atoms with Crippen LogP contribution in [-0.2, 0) is 0 Å². The fourth-order valence-corrected chi connectivity index (χ4v) is 6.77. The molecule has 43 heavy (non-hydrogen) atoms. The maximum absolute atomic E-state index is 10.5. The lowest BCUT2D eigenvalue weighted by molar-refractivity contribution is -0.891. The second kappa shape index (κ2) is 34.8. The van der Waals surface area contributed by atoms with Crippen LogP contribution in [0.2, 0.25) is 0 Å². The summed E-state index contributed by atoms with van der Waals surface area (Å²) in [6.07, 6.45) is 47.5. The summed E-state index contributed by atoms with van der Waals surface area (Å²) < 4.78 is 1.08. The molecule has 2 nitrogen and oxygen atoms in total. The number of hydrogen-bond acceptors (Lipinski definition) is 1. The van der Waals surface area contributed by atoms with Gasteiger partial charge in [-0.25, -0.2) is 0 Å². The second-order valence-electron chi connectivity index (χ2n) is 15.2. The highest BCUT2D eigenvalue weighted by molar-refractivity contribution is 4.57. The van der Waals surface area contributed by atoms with Crippen molar-refractivity contribution in [3.8, 4) is 0 Å². The van der Waals surface area contributed by atoms with Crippen molar-refractivity contribution in [2.75, 3.05) is 27.2 Å². The first-order valence-electron chi connectivity index (χ1n) is 20.5. The Morgan fingerprint density at radius 3 is 0.884 bits per heavy atom. The van der Waals surface area contributed by atoms with Crippen LogP contribution in [0.3, 0.4) is 0 Å². The van der Waals surface area contributed by atoms with E-state index in [1.165, 1.54) is 212 Å². The minimum Gasteiger partial charge on any atom is -0.393 e. The van der Waals surface area contributed by atoms with E-state index < -0.39 is 0 Å². The lowest BCUT2D eigenvalue weighted by atomic mass is 10.0. The Morgan fingerprint density at radius 2 is 0.581 bits per heavy atom.